The molecule has 20 heavy (non-hydrogen) atoms. The Kier molecular flexibility index (Phi) is 5.32. The molecule has 1 aromatic heterocycles. The van der Waals surface area contributed by atoms with E-state index in [0.29, 0.717) is 11.7 Å². The molecule has 0 bridgehead atoms. The zero-order valence-electron chi connectivity index (χ0n) is 12.4. The first kappa shape index (κ1) is 14.8. The number of aromatic nitrogens is 2. The summed E-state index contributed by atoms with van der Waals surface area (Å²) >= 11 is 0. The monoisotopic (exact) mass is 276 g/mol. The van der Waals surface area contributed by atoms with E-state index in [1.807, 2.05) is 7.05 Å². The predicted molar refractivity (Wildman–Crippen MR) is 79.8 cm³/mol. The minimum Gasteiger partial charge on any atom is -0.366 e. The molecule has 0 aromatic carbocycles. The molecule has 0 aliphatic heterocycles. The van der Waals surface area contributed by atoms with E-state index in [2.05, 4.69) is 22.2 Å². The highest BCUT2D eigenvalue weighted by Gasteiger charge is 2.16. The Morgan fingerprint density at radius 2 is 2.10 bits per heavy atom. The number of nitrogens with zero attached hydrogens (tertiary/aromatic N) is 3. The van der Waals surface area contributed by atoms with Gasteiger partial charge in [-0.15, -0.1) is 0 Å². The van der Waals surface area contributed by atoms with Crippen LogP contribution >= 0.6 is 0 Å². The number of rotatable bonds is 6. The lowest BCUT2D eigenvalue weighted by Gasteiger charge is -2.16. The van der Waals surface area contributed by atoms with Crippen molar-refractivity contribution in [1.82, 2.24) is 14.9 Å². The van der Waals surface area contributed by atoms with Gasteiger partial charge in [0.15, 0.2) is 0 Å². The molecule has 0 atom stereocenters. The van der Waals surface area contributed by atoms with Gasteiger partial charge in [-0.05, 0) is 19.3 Å². The van der Waals surface area contributed by atoms with Crippen LogP contribution in [-0.2, 0) is 0 Å². The molecule has 1 fully saturated rings. The van der Waals surface area contributed by atoms with E-state index in [4.69, 9.17) is 0 Å². The molecular formula is C15H24N4O. The van der Waals surface area contributed by atoms with Gasteiger partial charge in [-0.3, -0.25) is 4.79 Å². The Morgan fingerprint density at radius 3 is 2.70 bits per heavy atom. The van der Waals surface area contributed by atoms with Crippen molar-refractivity contribution in [2.75, 3.05) is 18.9 Å². The summed E-state index contributed by atoms with van der Waals surface area (Å²) < 4.78 is 0. The van der Waals surface area contributed by atoms with Gasteiger partial charge in [-0.25, -0.2) is 9.97 Å². The summed E-state index contributed by atoms with van der Waals surface area (Å²) in [5.41, 5.74) is 0.417. The lowest BCUT2D eigenvalue weighted by molar-refractivity contribution is 0.0787. The third-order valence-corrected chi connectivity index (χ3v) is 3.77. The van der Waals surface area contributed by atoms with Crippen LogP contribution in [-0.4, -0.2) is 40.4 Å². The van der Waals surface area contributed by atoms with E-state index >= 15 is 0 Å². The maximum absolute atomic E-state index is 12.1. The second-order valence-electron chi connectivity index (χ2n) is 5.49. The van der Waals surface area contributed by atoms with E-state index in [1.165, 1.54) is 25.7 Å². The minimum absolute atomic E-state index is 0.0571. The van der Waals surface area contributed by atoms with Crippen molar-refractivity contribution in [3.05, 3.63) is 18.1 Å². The average Bonchev–Trinajstić information content (AvgIpc) is 2.97. The number of anilines is 1. The van der Waals surface area contributed by atoms with Gasteiger partial charge >= 0.3 is 0 Å². The third-order valence-electron chi connectivity index (χ3n) is 3.77. The van der Waals surface area contributed by atoms with E-state index in [-0.39, 0.29) is 5.91 Å². The van der Waals surface area contributed by atoms with E-state index < -0.39 is 0 Å². The van der Waals surface area contributed by atoms with Gasteiger partial charge in [-0.2, -0.15) is 0 Å². The van der Waals surface area contributed by atoms with Crippen molar-refractivity contribution in [1.29, 1.82) is 0 Å². The minimum atomic E-state index is -0.0571. The summed E-state index contributed by atoms with van der Waals surface area (Å²) in [4.78, 5) is 22.4. The Balaban J connectivity index is 1.91. The molecule has 0 radical (unpaired) electrons. The normalized spacial score (nSPS) is 15.3. The molecule has 1 heterocycles. The van der Waals surface area contributed by atoms with Crippen molar-refractivity contribution in [3.8, 4) is 0 Å². The number of nitrogens with one attached hydrogen (secondary N) is 1. The smallest absolute Gasteiger partial charge is 0.273 e. The Labute approximate surface area is 120 Å². The maximum Gasteiger partial charge on any atom is 0.273 e. The van der Waals surface area contributed by atoms with Gasteiger partial charge < -0.3 is 10.2 Å². The summed E-state index contributed by atoms with van der Waals surface area (Å²) in [5, 5.41) is 3.37. The van der Waals surface area contributed by atoms with Crippen molar-refractivity contribution in [3.63, 3.8) is 0 Å². The molecule has 5 heteroatoms. The van der Waals surface area contributed by atoms with Crippen molar-refractivity contribution in [2.24, 2.45) is 0 Å². The highest BCUT2D eigenvalue weighted by Crippen LogP contribution is 2.20. The van der Waals surface area contributed by atoms with Gasteiger partial charge in [0, 0.05) is 19.6 Å². The molecule has 1 aliphatic rings. The molecule has 1 N–H and O–H groups in total. The maximum atomic E-state index is 12.1. The number of hydrogen-bond acceptors (Lipinski definition) is 4. The standard InChI is InChI=1S/C15H24N4O/c1-3-4-9-19(2)15(20)13-10-17-14(11-16-13)18-12-7-5-6-8-12/h10-12H,3-9H2,1-2H3,(H,17,18). The largest absolute Gasteiger partial charge is 0.366 e. The first-order chi connectivity index (χ1) is 9.70. The van der Waals surface area contributed by atoms with Crippen LogP contribution in [0, 0.1) is 0 Å². The number of amides is 1. The molecule has 1 amide bonds. The zero-order chi connectivity index (χ0) is 14.4. The first-order valence-electron chi connectivity index (χ1n) is 7.54. The summed E-state index contributed by atoms with van der Waals surface area (Å²) in [6, 6.07) is 0.512. The Bertz CT molecular complexity index is 426. The number of unbranched alkanes of at least 4 members (excludes halogenated alkanes) is 1. The lowest BCUT2D eigenvalue weighted by atomic mass is 10.2. The van der Waals surface area contributed by atoms with Gasteiger partial charge in [0.2, 0.25) is 0 Å². The molecule has 0 spiro atoms. The summed E-state index contributed by atoms with van der Waals surface area (Å²) in [5.74, 6) is 0.711. The van der Waals surface area contributed by atoms with Crippen molar-refractivity contribution in [2.45, 2.75) is 51.5 Å². The summed E-state index contributed by atoms with van der Waals surface area (Å²) in [6.45, 7) is 2.88. The third kappa shape index (κ3) is 3.92. The lowest BCUT2D eigenvalue weighted by Crippen LogP contribution is -2.28. The fraction of sp³-hybridized carbons (Fsp3) is 0.667. The Morgan fingerprint density at radius 1 is 1.35 bits per heavy atom. The summed E-state index contributed by atoms with van der Waals surface area (Å²) in [7, 11) is 1.81. The number of carbonyl (C=O) groups excluding carboxylic acids is 1. The van der Waals surface area contributed by atoms with E-state index in [9.17, 15) is 4.79 Å². The molecule has 0 saturated heterocycles. The van der Waals surface area contributed by atoms with Gasteiger partial charge in [0.1, 0.15) is 11.5 Å². The molecule has 0 unspecified atom stereocenters. The quantitative estimate of drug-likeness (QED) is 0.868. The van der Waals surface area contributed by atoms with E-state index in [1.54, 1.807) is 17.3 Å². The van der Waals surface area contributed by atoms with Gasteiger partial charge in [-0.1, -0.05) is 26.2 Å². The van der Waals surface area contributed by atoms with Crippen LogP contribution in [0.4, 0.5) is 5.82 Å². The first-order valence-corrected chi connectivity index (χ1v) is 7.54. The molecular weight excluding hydrogens is 252 g/mol. The van der Waals surface area contributed by atoms with Crippen LogP contribution < -0.4 is 5.32 Å². The highest BCUT2D eigenvalue weighted by atomic mass is 16.2. The fourth-order valence-electron chi connectivity index (χ4n) is 2.48. The van der Waals surface area contributed by atoms with Gasteiger partial charge in [0.05, 0.1) is 12.4 Å². The van der Waals surface area contributed by atoms with Crippen molar-refractivity contribution < 1.29 is 4.79 Å². The summed E-state index contributed by atoms with van der Waals surface area (Å²) in [6.07, 6.45) is 10.3. The topological polar surface area (TPSA) is 58.1 Å². The molecule has 1 aromatic rings. The molecule has 110 valence electrons. The Hall–Kier alpha value is -1.65. The second-order valence-corrected chi connectivity index (χ2v) is 5.49. The van der Waals surface area contributed by atoms with Crippen LogP contribution in [0.5, 0.6) is 0 Å². The average molecular weight is 276 g/mol. The van der Waals surface area contributed by atoms with Crippen LogP contribution in [0.1, 0.15) is 55.9 Å². The van der Waals surface area contributed by atoms with Crippen LogP contribution in [0.25, 0.3) is 0 Å². The zero-order valence-corrected chi connectivity index (χ0v) is 12.4. The molecule has 5 nitrogen and oxygen atoms in total. The molecule has 1 saturated carbocycles. The number of carbonyl (C=O) groups is 1. The van der Waals surface area contributed by atoms with Gasteiger partial charge in [0.25, 0.3) is 5.91 Å². The second kappa shape index (κ2) is 7.22. The fourth-order valence-corrected chi connectivity index (χ4v) is 2.48. The SMILES string of the molecule is CCCCN(C)C(=O)c1cnc(NC2CCCC2)cn1. The van der Waals surface area contributed by atoms with Crippen molar-refractivity contribution >= 4 is 11.7 Å². The van der Waals surface area contributed by atoms with Crippen LogP contribution in [0.15, 0.2) is 12.4 Å². The molecule has 1 aliphatic carbocycles. The van der Waals surface area contributed by atoms with Crippen LogP contribution in [0.3, 0.4) is 0 Å². The molecule has 2 rings (SSSR count). The number of hydrogen-bond donors (Lipinski definition) is 1. The highest BCUT2D eigenvalue weighted by molar-refractivity contribution is 5.91. The van der Waals surface area contributed by atoms with E-state index in [0.717, 1.165) is 25.2 Å². The predicted octanol–water partition coefficient (Wildman–Crippen LogP) is 2.70. The van der Waals surface area contributed by atoms with Crippen LogP contribution in [0.2, 0.25) is 0 Å².